The van der Waals surface area contributed by atoms with E-state index in [9.17, 15) is 14.4 Å². The van der Waals surface area contributed by atoms with Crippen LogP contribution in [0.25, 0.3) is 0 Å². The van der Waals surface area contributed by atoms with Gasteiger partial charge in [0, 0.05) is 18.3 Å². The second-order valence-corrected chi connectivity index (χ2v) is 8.04. The fourth-order valence-corrected chi connectivity index (χ4v) is 3.86. The van der Waals surface area contributed by atoms with Crippen LogP contribution in [-0.2, 0) is 16.0 Å². The molecule has 2 aliphatic rings. The monoisotopic (exact) mass is 347 g/mol. The van der Waals surface area contributed by atoms with E-state index in [0.717, 1.165) is 35.9 Å². The van der Waals surface area contributed by atoms with E-state index in [4.69, 9.17) is 4.74 Å². The normalized spacial score (nSPS) is 23.2. The van der Waals surface area contributed by atoms with Crippen LogP contribution in [0.3, 0.4) is 0 Å². The van der Waals surface area contributed by atoms with Crippen LogP contribution in [-0.4, -0.2) is 28.8 Å². The number of carbonyl (C=O) groups is 3. The molecular formula is C18H21NO4S. The lowest BCUT2D eigenvalue weighted by Crippen LogP contribution is -2.30. The summed E-state index contributed by atoms with van der Waals surface area (Å²) < 4.78 is 5.90. The number of hydrogen-bond donors (Lipinski definition) is 1. The lowest BCUT2D eigenvalue weighted by Gasteiger charge is -2.32. The number of carbonyl (C=O) groups excluding carboxylic acids is 3. The predicted octanol–water partition coefficient (Wildman–Crippen LogP) is 3.11. The third-order valence-corrected chi connectivity index (χ3v) is 5.69. The number of thioether (sulfide) groups is 1. The number of rotatable bonds is 5. The molecular weight excluding hydrogens is 326 g/mol. The molecule has 128 valence electrons. The standard InChI is InChI=1S/C18H21NO4S/c1-18(8-6-13(20)7-9-18)11-23-14-4-2-12(3-5-14)10-15-16(21)19-17(22)24-15/h2-5,15H,6-11H2,1H3,(H,19,21,22). The van der Waals surface area contributed by atoms with Gasteiger partial charge in [0.25, 0.3) is 5.24 Å². The van der Waals surface area contributed by atoms with Gasteiger partial charge in [-0.25, -0.2) is 0 Å². The zero-order valence-corrected chi connectivity index (χ0v) is 14.5. The molecule has 6 heteroatoms. The van der Waals surface area contributed by atoms with Crippen LogP contribution in [0, 0.1) is 5.41 Å². The van der Waals surface area contributed by atoms with Crippen molar-refractivity contribution in [3.8, 4) is 5.75 Å². The van der Waals surface area contributed by atoms with Crippen molar-refractivity contribution in [3.63, 3.8) is 0 Å². The molecule has 0 bridgehead atoms. The SMILES string of the molecule is CC1(COc2ccc(CC3SC(=O)NC3=O)cc2)CCC(=O)CC1. The van der Waals surface area contributed by atoms with Crippen molar-refractivity contribution >= 4 is 28.7 Å². The van der Waals surface area contributed by atoms with E-state index >= 15 is 0 Å². The number of hydrogen-bond acceptors (Lipinski definition) is 5. The van der Waals surface area contributed by atoms with Crippen LogP contribution in [0.4, 0.5) is 4.79 Å². The van der Waals surface area contributed by atoms with E-state index < -0.39 is 0 Å². The molecule has 0 radical (unpaired) electrons. The third kappa shape index (κ3) is 4.17. The highest BCUT2D eigenvalue weighted by molar-refractivity contribution is 8.15. The number of nitrogens with one attached hydrogen (secondary N) is 1. The lowest BCUT2D eigenvalue weighted by atomic mass is 9.76. The Morgan fingerprint density at radius 3 is 2.42 bits per heavy atom. The third-order valence-electron chi connectivity index (χ3n) is 4.71. The molecule has 1 heterocycles. The molecule has 1 aromatic rings. The summed E-state index contributed by atoms with van der Waals surface area (Å²) in [6.45, 7) is 2.77. The van der Waals surface area contributed by atoms with Gasteiger partial charge in [-0.1, -0.05) is 30.8 Å². The van der Waals surface area contributed by atoms with Gasteiger partial charge in [-0.2, -0.15) is 0 Å². The molecule has 1 saturated carbocycles. The molecule has 1 aromatic carbocycles. The molecule has 1 saturated heterocycles. The minimum atomic E-state index is -0.344. The molecule has 1 unspecified atom stereocenters. The zero-order valence-electron chi connectivity index (χ0n) is 13.7. The second kappa shape index (κ2) is 6.97. The number of amides is 2. The van der Waals surface area contributed by atoms with Crippen molar-refractivity contribution in [2.24, 2.45) is 5.41 Å². The Morgan fingerprint density at radius 1 is 1.17 bits per heavy atom. The Morgan fingerprint density at radius 2 is 1.83 bits per heavy atom. The summed E-state index contributed by atoms with van der Waals surface area (Å²) in [5.41, 5.74) is 1.06. The minimum absolute atomic E-state index is 0.0610. The predicted molar refractivity (Wildman–Crippen MR) is 92.1 cm³/mol. The van der Waals surface area contributed by atoms with E-state index in [0.29, 0.717) is 31.7 Å². The van der Waals surface area contributed by atoms with Crippen molar-refractivity contribution in [2.45, 2.75) is 44.3 Å². The van der Waals surface area contributed by atoms with E-state index in [1.165, 1.54) is 0 Å². The number of ketones is 1. The van der Waals surface area contributed by atoms with E-state index in [1.807, 2.05) is 24.3 Å². The highest BCUT2D eigenvalue weighted by Crippen LogP contribution is 2.35. The molecule has 5 nitrogen and oxygen atoms in total. The summed E-state index contributed by atoms with van der Waals surface area (Å²) in [6.07, 6.45) is 3.59. The number of imide groups is 1. The van der Waals surface area contributed by atoms with Crippen molar-refractivity contribution in [1.82, 2.24) is 5.32 Å². The summed E-state index contributed by atoms with van der Waals surface area (Å²) in [5.74, 6) is 0.922. The number of benzene rings is 1. The molecule has 2 fully saturated rings. The maximum absolute atomic E-state index is 11.6. The van der Waals surface area contributed by atoms with Crippen LogP contribution in [0.5, 0.6) is 5.75 Å². The fourth-order valence-electron chi connectivity index (χ4n) is 3.00. The van der Waals surface area contributed by atoms with Crippen molar-refractivity contribution in [1.29, 1.82) is 0 Å². The average Bonchev–Trinajstić information content (AvgIpc) is 2.88. The fraction of sp³-hybridized carbons (Fsp3) is 0.500. The van der Waals surface area contributed by atoms with E-state index in [2.05, 4.69) is 12.2 Å². The first kappa shape index (κ1) is 17.0. The quantitative estimate of drug-likeness (QED) is 0.886. The first-order valence-corrected chi connectivity index (χ1v) is 9.06. The largest absolute Gasteiger partial charge is 0.493 e. The summed E-state index contributed by atoms with van der Waals surface area (Å²) in [6, 6.07) is 7.65. The van der Waals surface area contributed by atoms with Crippen molar-refractivity contribution in [2.75, 3.05) is 6.61 Å². The summed E-state index contributed by atoms with van der Waals surface area (Å²) in [4.78, 5) is 34.1. The van der Waals surface area contributed by atoms with E-state index in [-0.39, 0.29) is 21.8 Å². The lowest BCUT2D eigenvalue weighted by molar-refractivity contribution is -0.122. The Labute approximate surface area is 145 Å². The Hall–Kier alpha value is -1.82. The van der Waals surface area contributed by atoms with Gasteiger partial charge in [0.15, 0.2) is 0 Å². The van der Waals surface area contributed by atoms with E-state index in [1.54, 1.807) is 0 Å². The first-order chi connectivity index (χ1) is 11.4. The van der Waals surface area contributed by atoms with Crippen LogP contribution in [0.2, 0.25) is 0 Å². The smallest absolute Gasteiger partial charge is 0.286 e. The molecule has 24 heavy (non-hydrogen) atoms. The van der Waals surface area contributed by atoms with Gasteiger partial charge in [-0.15, -0.1) is 0 Å². The number of ether oxygens (including phenoxy) is 1. The molecule has 1 atom stereocenters. The average molecular weight is 347 g/mol. The van der Waals surface area contributed by atoms with Crippen LogP contribution in [0.1, 0.15) is 38.2 Å². The number of Topliss-reactive ketones (excluding diaryl/α,β-unsaturated/α-hetero) is 1. The van der Waals surface area contributed by atoms with Crippen molar-refractivity contribution in [3.05, 3.63) is 29.8 Å². The highest BCUT2D eigenvalue weighted by atomic mass is 32.2. The van der Waals surface area contributed by atoms with Gasteiger partial charge >= 0.3 is 0 Å². The Bertz CT molecular complexity index is 645. The summed E-state index contributed by atoms with van der Waals surface area (Å²) in [7, 11) is 0. The first-order valence-electron chi connectivity index (χ1n) is 8.18. The van der Waals surface area contributed by atoms with Gasteiger partial charge in [0.05, 0.1) is 11.9 Å². The topological polar surface area (TPSA) is 72.5 Å². The molecule has 1 N–H and O–H groups in total. The van der Waals surface area contributed by atoms with Crippen LogP contribution < -0.4 is 10.1 Å². The van der Waals surface area contributed by atoms with Crippen molar-refractivity contribution < 1.29 is 19.1 Å². The zero-order chi connectivity index (χ0) is 17.2. The molecule has 0 spiro atoms. The summed E-state index contributed by atoms with van der Waals surface area (Å²) >= 11 is 1.04. The van der Waals surface area contributed by atoms with Gasteiger partial charge in [-0.05, 0) is 37.0 Å². The van der Waals surface area contributed by atoms with Crippen LogP contribution in [0.15, 0.2) is 24.3 Å². The maximum atomic E-state index is 11.6. The Balaban J connectivity index is 1.52. The van der Waals surface area contributed by atoms with Gasteiger partial charge in [0.1, 0.15) is 11.5 Å². The molecule has 2 amide bonds. The highest BCUT2D eigenvalue weighted by Gasteiger charge is 2.32. The maximum Gasteiger partial charge on any atom is 0.286 e. The molecule has 3 rings (SSSR count). The van der Waals surface area contributed by atoms with Gasteiger partial charge in [-0.3, -0.25) is 19.7 Å². The summed E-state index contributed by atoms with van der Waals surface area (Å²) in [5, 5.41) is 1.68. The Kier molecular flexibility index (Phi) is 4.94. The van der Waals surface area contributed by atoms with Crippen LogP contribution >= 0.6 is 11.8 Å². The van der Waals surface area contributed by atoms with Gasteiger partial charge < -0.3 is 4.74 Å². The second-order valence-electron chi connectivity index (χ2n) is 6.87. The minimum Gasteiger partial charge on any atom is -0.493 e. The molecule has 1 aliphatic heterocycles. The van der Waals surface area contributed by atoms with Gasteiger partial charge in [0.2, 0.25) is 5.91 Å². The molecule has 1 aliphatic carbocycles. The molecule has 0 aromatic heterocycles.